The number of amides is 2. The molecule has 0 atom stereocenters. The van der Waals surface area contributed by atoms with Crippen LogP contribution in [0.25, 0.3) is 6.08 Å². The number of ether oxygens (including phenoxy) is 1. The quantitative estimate of drug-likeness (QED) is 0.793. The largest absolute Gasteiger partial charge is 0.379 e. The van der Waals surface area contributed by atoms with Crippen LogP contribution in [-0.2, 0) is 9.53 Å². The van der Waals surface area contributed by atoms with Gasteiger partial charge in [0.2, 0.25) is 0 Å². The summed E-state index contributed by atoms with van der Waals surface area (Å²) in [5.41, 5.74) is 0.810. The summed E-state index contributed by atoms with van der Waals surface area (Å²) >= 11 is 6.90. The van der Waals surface area contributed by atoms with Crippen LogP contribution >= 0.6 is 23.4 Å². The zero-order valence-electron chi connectivity index (χ0n) is 11.8. The Kier molecular flexibility index (Phi) is 4.83. The van der Waals surface area contributed by atoms with Gasteiger partial charge in [-0.3, -0.25) is 19.4 Å². The summed E-state index contributed by atoms with van der Waals surface area (Å²) in [5, 5.41) is 0.367. The summed E-state index contributed by atoms with van der Waals surface area (Å²) in [5.74, 6) is -0.249. The zero-order chi connectivity index (χ0) is 15.5. The van der Waals surface area contributed by atoms with Crippen molar-refractivity contribution in [3.8, 4) is 0 Å². The van der Waals surface area contributed by atoms with Crippen molar-refractivity contribution in [2.24, 2.45) is 0 Å². The molecule has 0 unspecified atom stereocenters. The topological polar surface area (TPSA) is 49.9 Å². The van der Waals surface area contributed by atoms with Crippen LogP contribution in [0.1, 0.15) is 5.56 Å². The molecule has 2 aliphatic rings. The number of rotatable bonds is 3. The molecular weight excluding hydrogens is 324 g/mol. The Balaban J connectivity index is 1.73. The first-order valence-corrected chi connectivity index (χ1v) is 8.14. The molecule has 2 aliphatic heterocycles. The monoisotopic (exact) mass is 338 g/mol. The van der Waals surface area contributed by atoms with Crippen LogP contribution < -0.4 is 0 Å². The Morgan fingerprint density at radius 1 is 1.27 bits per heavy atom. The van der Waals surface area contributed by atoms with Crippen LogP contribution in [0.2, 0.25) is 5.02 Å². The second-order valence-electron chi connectivity index (χ2n) is 5.04. The van der Waals surface area contributed by atoms with Crippen LogP contribution in [0.3, 0.4) is 0 Å². The number of hydrogen-bond acceptors (Lipinski definition) is 5. The number of hydrogen-bond donors (Lipinski definition) is 0. The average Bonchev–Trinajstić information content (AvgIpc) is 2.76. The van der Waals surface area contributed by atoms with E-state index in [2.05, 4.69) is 0 Å². The van der Waals surface area contributed by atoms with Gasteiger partial charge in [-0.2, -0.15) is 0 Å². The molecule has 2 heterocycles. The lowest BCUT2D eigenvalue weighted by atomic mass is 10.2. The number of morpholine rings is 1. The van der Waals surface area contributed by atoms with E-state index in [4.69, 9.17) is 16.3 Å². The first-order valence-electron chi connectivity index (χ1n) is 6.94. The smallest absolute Gasteiger partial charge is 0.294 e. The van der Waals surface area contributed by atoms with Gasteiger partial charge in [-0.25, -0.2) is 0 Å². The summed E-state index contributed by atoms with van der Waals surface area (Å²) in [6.45, 7) is 3.05. The van der Waals surface area contributed by atoms with Gasteiger partial charge in [0.25, 0.3) is 11.1 Å². The second kappa shape index (κ2) is 6.83. The third-order valence-electron chi connectivity index (χ3n) is 3.47. The number of benzene rings is 1. The fourth-order valence-electron chi connectivity index (χ4n) is 2.31. The molecular formula is C15H15ClN2O3S. The molecule has 2 saturated heterocycles. The molecule has 0 saturated carbocycles. The average molecular weight is 339 g/mol. The minimum atomic E-state index is -0.249. The van der Waals surface area contributed by atoms with Crippen molar-refractivity contribution in [3.05, 3.63) is 39.8 Å². The number of halogens is 1. The van der Waals surface area contributed by atoms with Crippen molar-refractivity contribution in [1.82, 2.24) is 9.80 Å². The lowest BCUT2D eigenvalue weighted by Crippen LogP contribution is -2.45. The van der Waals surface area contributed by atoms with Crippen molar-refractivity contribution in [2.45, 2.75) is 0 Å². The predicted molar refractivity (Wildman–Crippen MR) is 86.5 cm³/mol. The Bertz CT molecular complexity index is 629. The molecule has 3 rings (SSSR count). The number of imide groups is 1. The van der Waals surface area contributed by atoms with Gasteiger partial charge in [0.1, 0.15) is 0 Å². The molecule has 0 aromatic heterocycles. The normalized spacial score (nSPS) is 21.9. The highest BCUT2D eigenvalue weighted by Crippen LogP contribution is 2.32. The SMILES string of the molecule is O=C1SC(=Cc2cccc(Cl)c2)C(=O)N1CN1CCOCC1. The minimum absolute atomic E-state index is 0.232. The van der Waals surface area contributed by atoms with Crippen molar-refractivity contribution in [2.75, 3.05) is 33.0 Å². The van der Waals surface area contributed by atoms with E-state index < -0.39 is 0 Å². The van der Waals surface area contributed by atoms with Gasteiger partial charge < -0.3 is 4.74 Å². The van der Waals surface area contributed by atoms with Gasteiger partial charge in [-0.15, -0.1) is 0 Å². The van der Waals surface area contributed by atoms with Gasteiger partial charge in [0.05, 0.1) is 24.8 Å². The Labute approximate surface area is 137 Å². The number of carbonyl (C=O) groups excluding carboxylic acids is 2. The van der Waals surface area contributed by atoms with Crippen molar-refractivity contribution < 1.29 is 14.3 Å². The van der Waals surface area contributed by atoms with Crippen molar-refractivity contribution in [1.29, 1.82) is 0 Å². The number of thioether (sulfide) groups is 1. The highest BCUT2D eigenvalue weighted by Gasteiger charge is 2.36. The van der Waals surface area contributed by atoms with E-state index in [0.29, 0.717) is 29.8 Å². The standard InChI is InChI=1S/C15H15ClN2O3S/c16-12-3-1-2-11(8-12)9-13-14(19)18(15(20)22-13)10-17-4-6-21-7-5-17/h1-3,8-9H,4-7,10H2. The fourth-order valence-corrected chi connectivity index (χ4v) is 3.34. The number of nitrogens with zero attached hydrogens (tertiary/aromatic N) is 2. The third kappa shape index (κ3) is 3.52. The molecule has 5 nitrogen and oxygen atoms in total. The maximum Gasteiger partial charge on any atom is 0.294 e. The molecule has 0 N–H and O–H groups in total. The predicted octanol–water partition coefficient (Wildman–Crippen LogP) is 2.67. The Morgan fingerprint density at radius 2 is 2.05 bits per heavy atom. The van der Waals surface area contributed by atoms with Gasteiger partial charge in [0, 0.05) is 18.1 Å². The van der Waals surface area contributed by atoms with E-state index >= 15 is 0 Å². The highest BCUT2D eigenvalue weighted by molar-refractivity contribution is 8.18. The summed E-state index contributed by atoms with van der Waals surface area (Å²) in [6.07, 6.45) is 1.70. The van der Waals surface area contributed by atoms with E-state index in [1.165, 1.54) is 4.90 Å². The summed E-state index contributed by atoms with van der Waals surface area (Å²) in [7, 11) is 0. The summed E-state index contributed by atoms with van der Waals surface area (Å²) in [6, 6.07) is 7.19. The fraction of sp³-hybridized carbons (Fsp3) is 0.333. The maximum atomic E-state index is 12.4. The van der Waals surface area contributed by atoms with Gasteiger partial charge in [-0.1, -0.05) is 23.7 Å². The van der Waals surface area contributed by atoms with E-state index in [-0.39, 0.29) is 11.1 Å². The molecule has 116 valence electrons. The summed E-state index contributed by atoms with van der Waals surface area (Å²) < 4.78 is 5.27. The number of carbonyl (C=O) groups is 2. The van der Waals surface area contributed by atoms with Crippen LogP contribution in [0.4, 0.5) is 4.79 Å². The maximum absolute atomic E-state index is 12.4. The first kappa shape index (κ1) is 15.6. The molecule has 2 amide bonds. The van der Waals surface area contributed by atoms with E-state index in [1.54, 1.807) is 18.2 Å². The zero-order valence-corrected chi connectivity index (χ0v) is 13.4. The van der Waals surface area contributed by atoms with Crippen molar-refractivity contribution in [3.63, 3.8) is 0 Å². The van der Waals surface area contributed by atoms with Crippen molar-refractivity contribution >= 4 is 40.6 Å². The molecule has 1 aromatic carbocycles. The summed E-state index contributed by atoms with van der Waals surface area (Å²) in [4.78, 5) is 28.2. The van der Waals surface area contributed by atoms with Gasteiger partial charge >= 0.3 is 0 Å². The van der Waals surface area contributed by atoms with Gasteiger partial charge in [-0.05, 0) is 35.5 Å². The van der Waals surface area contributed by atoms with Gasteiger partial charge in [0.15, 0.2) is 0 Å². The van der Waals surface area contributed by atoms with Crippen LogP contribution in [0.5, 0.6) is 0 Å². The molecule has 0 radical (unpaired) electrons. The third-order valence-corrected chi connectivity index (χ3v) is 4.61. The Morgan fingerprint density at radius 3 is 2.77 bits per heavy atom. The second-order valence-corrected chi connectivity index (χ2v) is 6.47. The molecule has 0 bridgehead atoms. The van der Waals surface area contributed by atoms with E-state index in [1.807, 2.05) is 17.0 Å². The molecule has 7 heteroatoms. The van der Waals surface area contributed by atoms with Crippen LogP contribution in [0, 0.1) is 0 Å². The lowest BCUT2D eigenvalue weighted by Gasteiger charge is -2.29. The van der Waals surface area contributed by atoms with Crippen LogP contribution in [0.15, 0.2) is 29.2 Å². The van der Waals surface area contributed by atoms with E-state index in [0.717, 1.165) is 30.4 Å². The molecule has 22 heavy (non-hydrogen) atoms. The van der Waals surface area contributed by atoms with Crippen LogP contribution in [-0.4, -0.2) is 53.9 Å². The molecule has 2 fully saturated rings. The molecule has 0 spiro atoms. The lowest BCUT2D eigenvalue weighted by molar-refractivity contribution is -0.125. The molecule has 1 aromatic rings. The Hall–Kier alpha value is -1.34. The first-order chi connectivity index (χ1) is 10.6. The minimum Gasteiger partial charge on any atom is -0.379 e. The highest BCUT2D eigenvalue weighted by atomic mass is 35.5. The molecule has 0 aliphatic carbocycles. The van der Waals surface area contributed by atoms with E-state index in [9.17, 15) is 9.59 Å².